The van der Waals surface area contributed by atoms with Crippen LogP contribution < -0.4 is 16.4 Å². The fourth-order valence-electron chi connectivity index (χ4n) is 1.70. The number of amides is 1. The lowest BCUT2D eigenvalue weighted by Gasteiger charge is -2.21. The first-order chi connectivity index (χ1) is 9.90. The molecule has 0 aliphatic rings. The van der Waals surface area contributed by atoms with Gasteiger partial charge in [0.05, 0.1) is 11.4 Å². The minimum atomic E-state index is -0.383. The molecule has 0 aliphatic heterocycles. The molecule has 0 aliphatic carbocycles. The standard InChI is InChI=1S/C16H27N3O2/c1-5-16(2,3)15(20)19-12-7-8-14(13(17)11-12)18-9-6-10-21-4/h7-8,11,18H,5-6,9-10,17H2,1-4H3,(H,19,20). The molecule has 0 bridgehead atoms. The number of nitrogen functional groups attached to an aromatic ring is 1. The largest absolute Gasteiger partial charge is 0.397 e. The number of hydrogen-bond donors (Lipinski definition) is 3. The molecule has 0 saturated carbocycles. The molecule has 0 unspecified atom stereocenters. The molecule has 1 rings (SSSR count). The van der Waals surface area contributed by atoms with Crippen LogP contribution in [0.5, 0.6) is 0 Å². The van der Waals surface area contributed by atoms with Crippen LogP contribution in [0.15, 0.2) is 18.2 Å². The van der Waals surface area contributed by atoms with Gasteiger partial charge in [0.2, 0.25) is 5.91 Å². The monoisotopic (exact) mass is 293 g/mol. The number of nitrogens with one attached hydrogen (secondary N) is 2. The van der Waals surface area contributed by atoms with E-state index >= 15 is 0 Å². The van der Waals surface area contributed by atoms with Gasteiger partial charge in [-0.05, 0) is 31.0 Å². The van der Waals surface area contributed by atoms with Crippen LogP contribution in [-0.2, 0) is 9.53 Å². The van der Waals surface area contributed by atoms with E-state index in [4.69, 9.17) is 10.5 Å². The number of hydrogen-bond acceptors (Lipinski definition) is 4. The van der Waals surface area contributed by atoms with E-state index in [0.717, 1.165) is 30.8 Å². The van der Waals surface area contributed by atoms with Crippen LogP contribution in [0.3, 0.4) is 0 Å². The molecule has 0 aromatic heterocycles. The Balaban J connectivity index is 2.63. The summed E-state index contributed by atoms with van der Waals surface area (Å²) in [5.74, 6) is 0.00482. The Hall–Kier alpha value is -1.75. The van der Waals surface area contributed by atoms with Gasteiger partial charge in [0.25, 0.3) is 0 Å². The maximum absolute atomic E-state index is 12.1. The second-order valence-electron chi connectivity index (χ2n) is 5.77. The van der Waals surface area contributed by atoms with E-state index in [1.807, 2.05) is 32.9 Å². The van der Waals surface area contributed by atoms with E-state index < -0.39 is 0 Å². The molecule has 4 N–H and O–H groups in total. The van der Waals surface area contributed by atoms with Crippen molar-refractivity contribution in [3.63, 3.8) is 0 Å². The average molecular weight is 293 g/mol. The molecule has 0 heterocycles. The number of carbonyl (C=O) groups excluding carboxylic acids is 1. The lowest BCUT2D eigenvalue weighted by atomic mass is 9.89. The summed E-state index contributed by atoms with van der Waals surface area (Å²) in [7, 11) is 1.68. The molecule has 0 saturated heterocycles. The summed E-state index contributed by atoms with van der Waals surface area (Å²) < 4.78 is 5.00. The fraction of sp³-hybridized carbons (Fsp3) is 0.562. The number of benzene rings is 1. The molecule has 1 aromatic carbocycles. The van der Waals surface area contributed by atoms with Crippen molar-refractivity contribution < 1.29 is 9.53 Å². The van der Waals surface area contributed by atoms with Gasteiger partial charge in [-0.25, -0.2) is 0 Å². The van der Waals surface area contributed by atoms with Crippen molar-refractivity contribution in [3.8, 4) is 0 Å². The molecule has 0 atom stereocenters. The molecule has 5 heteroatoms. The van der Waals surface area contributed by atoms with Crippen LogP contribution in [-0.4, -0.2) is 26.2 Å². The van der Waals surface area contributed by atoms with Crippen molar-refractivity contribution in [1.82, 2.24) is 0 Å². The predicted octanol–water partition coefficient (Wildman–Crippen LogP) is 3.09. The van der Waals surface area contributed by atoms with Crippen LogP contribution in [0.1, 0.15) is 33.6 Å². The summed E-state index contributed by atoms with van der Waals surface area (Å²) in [5.41, 5.74) is 7.85. The van der Waals surface area contributed by atoms with Gasteiger partial charge >= 0.3 is 0 Å². The first kappa shape index (κ1) is 17.3. The molecular formula is C16H27N3O2. The lowest BCUT2D eigenvalue weighted by molar-refractivity contribution is -0.124. The highest BCUT2D eigenvalue weighted by Gasteiger charge is 2.25. The lowest BCUT2D eigenvalue weighted by Crippen LogP contribution is -2.30. The van der Waals surface area contributed by atoms with Crippen molar-refractivity contribution in [2.75, 3.05) is 36.6 Å². The summed E-state index contributed by atoms with van der Waals surface area (Å²) in [4.78, 5) is 12.1. The molecule has 1 amide bonds. The van der Waals surface area contributed by atoms with Crippen molar-refractivity contribution in [3.05, 3.63) is 18.2 Å². The summed E-state index contributed by atoms with van der Waals surface area (Å²) in [6.07, 6.45) is 1.70. The first-order valence-corrected chi connectivity index (χ1v) is 7.34. The summed E-state index contributed by atoms with van der Waals surface area (Å²) in [5, 5.41) is 6.16. The number of ether oxygens (including phenoxy) is 1. The Morgan fingerprint density at radius 3 is 2.67 bits per heavy atom. The van der Waals surface area contributed by atoms with Crippen LogP contribution in [0, 0.1) is 5.41 Å². The van der Waals surface area contributed by atoms with Crippen LogP contribution in [0.2, 0.25) is 0 Å². The normalized spacial score (nSPS) is 11.2. The van der Waals surface area contributed by atoms with Gasteiger partial charge in [0, 0.05) is 31.4 Å². The third-order valence-corrected chi connectivity index (χ3v) is 3.65. The highest BCUT2D eigenvalue weighted by molar-refractivity contribution is 5.95. The van der Waals surface area contributed by atoms with Crippen molar-refractivity contribution in [1.29, 1.82) is 0 Å². The first-order valence-electron chi connectivity index (χ1n) is 7.34. The van der Waals surface area contributed by atoms with Gasteiger partial charge in [0.1, 0.15) is 0 Å². The highest BCUT2D eigenvalue weighted by atomic mass is 16.5. The van der Waals surface area contributed by atoms with Crippen LogP contribution in [0.4, 0.5) is 17.1 Å². The maximum atomic E-state index is 12.1. The second kappa shape index (κ2) is 7.88. The zero-order chi connectivity index (χ0) is 15.9. The van der Waals surface area contributed by atoms with Crippen molar-refractivity contribution in [2.24, 2.45) is 5.41 Å². The molecular weight excluding hydrogens is 266 g/mol. The SMILES string of the molecule is CCC(C)(C)C(=O)Nc1ccc(NCCCOC)c(N)c1. The number of nitrogens with two attached hydrogens (primary N) is 1. The number of carbonyl (C=O) groups is 1. The summed E-state index contributed by atoms with van der Waals surface area (Å²) in [6, 6.07) is 5.53. The Bertz CT molecular complexity index is 473. The average Bonchev–Trinajstić information content (AvgIpc) is 2.45. The molecule has 21 heavy (non-hydrogen) atoms. The molecule has 1 aromatic rings. The molecule has 118 valence electrons. The Kier molecular flexibility index (Phi) is 6.49. The van der Waals surface area contributed by atoms with E-state index in [0.29, 0.717) is 12.3 Å². The Morgan fingerprint density at radius 1 is 1.38 bits per heavy atom. The van der Waals surface area contributed by atoms with Crippen LogP contribution >= 0.6 is 0 Å². The number of rotatable bonds is 8. The van der Waals surface area contributed by atoms with Gasteiger partial charge in [0.15, 0.2) is 0 Å². The van der Waals surface area contributed by atoms with E-state index in [2.05, 4.69) is 10.6 Å². The minimum Gasteiger partial charge on any atom is -0.397 e. The summed E-state index contributed by atoms with van der Waals surface area (Å²) >= 11 is 0. The minimum absolute atomic E-state index is 0.00482. The Labute approximate surface area is 127 Å². The van der Waals surface area contributed by atoms with Gasteiger partial charge in [-0.3, -0.25) is 4.79 Å². The number of anilines is 3. The Morgan fingerprint density at radius 2 is 2.10 bits per heavy atom. The van der Waals surface area contributed by atoms with E-state index in [9.17, 15) is 4.79 Å². The third kappa shape index (κ3) is 5.27. The van der Waals surface area contributed by atoms with Gasteiger partial charge in [-0.1, -0.05) is 20.8 Å². The van der Waals surface area contributed by atoms with Gasteiger partial charge in [-0.15, -0.1) is 0 Å². The zero-order valence-corrected chi connectivity index (χ0v) is 13.5. The van der Waals surface area contributed by atoms with E-state index in [-0.39, 0.29) is 11.3 Å². The van der Waals surface area contributed by atoms with Crippen molar-refractivity contribution in [2.45, 2.75) is 33.6 Å². The highest BCUT2D eigenvalue weighted by Crippen LogP contribution is 2.26. The predicted molar refractivity (Wildman–Crippen MR) is 88.5 cm³/mol. The van der Waals surface area contributed by atoms with E-state index in [1.54, 1.807) is 13.2 Å². The quantitative estimate of drug-likeness (QED) is 0.508. The smallest absolute Gasteiger partial charge is 0.230 e. The fourth-order valence-corrected chi connectivity index (χ4v) is 1.70. The third-order valence-electron chi connectivity index (χ3n) is 3.65. The maximum Gasteiger partial charge on any atom is 0.230 e. The van der Waals surface area contributed by atoms with Crippen molar-refractivity contribution >= 4 is 23.0 Å². The van der Waals surface area contributed by atoms with Gasteiger partial charge in [-0.2, -0.15) is 0 Å². The van der Waals surface area contributed by atoms with E-state index in [1.165, 1.54) is 0 Å². The van der Waals surface area contributed by atoms with Gasteiger partial charge < -0.3 is 21.1 Å². The molecule has 0 fully saturated rings. The zero-order valence-electron chi connectivity index (χ0n) is 13.5. The molecule has 0 spiro atoms. The topological polar surface area (TPSA) is 76.4 Å². The molecule has 5 nitrogen and oxygen atoms in total. The number of methoxy groups -OCH3 is 1. The molecule has 0 radical (unpaired) electrons. The summed E-state index contributed by atoms with van der Waals surface area (Å²) in [6.45, 7) is 7.37. The second-order valence-corrected chi connectivity index (χ2v) is 5.77. The van der Waals surface area contributed by atoms with Crippen LogP contribution in [0.25, 0.3) is 0 Å².